The summed E-state index contributed by atoms with van der Waals surface area (Å²) < 4.78 is 24.4. The molecule has 0 saturated carbocycles. The summed E-state index contributed by atoms with van der Waals surface area (Å²) in [6.07, 6.45) is 4.45. The lowest BCUT2D eigenvalue weighted by atomic mass is 9.78. The van der Waals surface area contributed by atoms with Crippen molar-refractivity contribution in [3.05, 3.63) is 87.1 Å². The van der Waals surface area contributed by atoms with Gasteiger partial charge < -0.3 is 54.6 Å². The van der Waals surface area contributed by atoms with Crippen LogP contribution >= 0.6 is 15.9 Å². The van der Waals surface area contributed by atoms with Crippen LogP contribution < -0.4 is 10.1 Å². The molecule has 5 bridgehead atoms. The Balaban J connectivity index is 1.68. The number of aliphatic hydroxyl groups excluding tert-OH is 2. The molecule has 328 valence electrons. The zero-order chi connectivity index (χ0) is 45.1. The molecule has 9 atom stereocenters. The standard InChI is InChI=1S/C45H53BrN2O13/c1-21-11-10-12-22(2)44(56)48-35-30(19-47-59-20-28-13-15-29(46)16-14-28)39(53)32-33(40(35)54)38(52)26(6)42-34(32)43(55)45(8,61-42)58-18-17-31(57-9)23(3)41(60-27(7)49)25(5)37(51)24(4)36(21)50/h10-19,21,23-25,31,36-37,41,50-54H,20H2,1-9H3,(H,48,56)/b11-10+,18-17+,22-12-,47-19?/t21-,23-,24+,25-,31-,36-,37+,41+,45-/m0/s1. The number of carbonyl (C=O) groups is 3. The van der Waals surface area contributed by atoms with Crippen LogP contribution in [0.1, 0.15) is 75.5 Å². The van der Waals surface area contributed by atoms with Gasteiger partial charge in [-0.1, -0.05) is 79.1 Å². The van der Waals surface area contributed by atoms with Gasteiger partial charge in [-0.25, -0.2) is 0 Å². The number of halogens is 1. The Kier molecular flexibility index (Phi) is 14.6. The highest BCUT2D eigenvalue weighted by molar-refractivity contribution is 9.10. The maximum absolute atomic E-state index is 14.4. The molecule has 0 radical (unpaired) electrons. The smallest absolute Gasteiger partial charge is 0.312 e. The zero-order valence-electron chi connectivity index (χ0n) is 35.4. The number of rotatable bonds is 6. The number of allylic oxidation sites excluding steroid dienone is 2. The van der Waals surface area contributed by atoms with Gasteiger partial charge in [0.25, 0.3) is 11.7 Å². The maximum Gasteiger partial charge on any atom is 0.312 e. The molecule has 6 rings (SSSR count). The van der Waals surface area contributed by atoms with E-state index in [1.165, 1.54) is 53.2 Å². The summed E-state index contributed by atoms with van der Waals surface area (Å²) in [7, 11) is 1.43. The Morgan fingerprint density at radius 2 is 1.62 bits per heavy atom. The molecule has 0 saturated heterocycles. The van der Waals surface area contributed by atoms with Gasteiger partial charge in [0.1, 0.15) is 30.0 Å². The molecule has 0 aliphatic carbocycles. The molecule has 0 aromatic heterocycles. The minimum absolute atomic E-state index is 0.0158. The topological polar surface area (TPSA) is 223 Å². The number of hydrogen-bond acceptors (Lipinski definition) is 14. The highest BCUT2D eigenvalue weighted by Crippen LogP contribution is 2.55. The molecule has 0 unspecified atom stereocenters. The second-order valence-corrected chi connectivity index (χ2v) is 16.7. The van der Waals surface area contributed by atoms with Crippen molar-refractivity contribution >= 4 is 56.3 Å². The lowest BCUT2D eigenvalue weighted by Gasteiger charge is -2.38. The third kappa shape index (κ3) is 9.57. The Morgan fingerprint density at radius 1 is 0.951 bits per heavy atom. The summed E-state index contributed by atoms with van der Waals surface area (Å²) in [5, 5.41) is 64.2. The van der Waals surface area contributed by atoms with E-state index in [4.69, 9.17) is 23.8 Å². The van der Waals surface area contributed by atoms with E-state index in [1.54, 1.807) is 52.0 Å². The molecule has 3 aliphatic rings. The van der Waals surface area contributed by atoms with E-state index in [9.17, 15) is 39.9 Å². The number of oxime groups is 1. The minimum atomic E-state index is -2.08. The van der Waals surface area contributed by atoms with Crippen molar-refractivity contribution in [2.75, 3.05) is 12.4 Å². The van der Waals surface area contributed by atoms with Crippen molar-refractivity contribution in [2.45, 2.75) is 92.2 Å². The van der Waals surface area contributed by atoms with E-state index >= 15 is 0 Å². The average Bonchev–Trinajstić information content (AvgIpc) is 3.49. The Bertz CT molecular complexity index is 2290. The van der Waals surface area contributed by atoms with E-state index in [1.807, 2.05) is 12.1 Å². The van der Waals surface area contributed by atoms with Gasteiger partial charge in [-0.15, -0.1) is 0 Å². The van der Waals surface area contributed by atoms with Crippen molar-refractivity contribution in [3.8, 4) is 23.0 Å². The van der Waals surface area contributed by atoms with Crippen LogP contribution in [0.5, 0.6) is 23.0 Å². The number of aromatic hydroxyl groups is 3. The average molecular weight is 910 g/mol. The van der Waals surface area contributed by atoms with Gasteiger partial charge in [0.15, 0.2) is 5.75 Å². The fraction of sp³-hybridized carbons (Fsp3) is 0.422. The second-order valence-electron chi connectivity index (χ2n) is 15.8. The molecule has 61 heavy (non-hydrogen) atoms. The first-order valence-electron chi connectivity index (χ1n) is 19.7. The van der Waals surface area contributed by atoms with Crippen LogP contribution in [0.3, 0.4) is 0 Å². The summed E-state index contributed by atoms with van der Waals surface area (Å²) in [5.41, 5.74) is 0.0678. The van der Waals surface area contributed by atoms with Crippen LogP contribution in [-0.2, 0) is 35.2 Å². The number of hydrogen-bond donors (Lipinski definition) is 6. The van der Waals surface area contributed by atoms with Crippen LogP contribution in [0.15, 0.2) is 70.0 Å². The fourth-order valence-electron chi connectivity index (χ4n) is 7.65. The van der Waals surface area contributed by atoms with Crippen LogP contribution in [-0.4, -0.2) is 86.7 Å². The van der Waals surface area contributed by atoms with Crippen molar-refractivity contribution in [1.29, 1.82) is 0 Å². The predicted molar refractivity (Wildman–Crippen MR) is 230 cm³/mol. The van der Waals surface area contributed by atoms with Crippen molar-refractivity contribution < 1.29 is 63.7 Å². The fourth-order valence-corrected chi connectivity index (χ4v) is 7.92. The number of fused-ring (bicyclic) bond motifs is 14. The number of Topliss-reactive ketones (excluding diaryl/α,β-unsaturated/α-hetero) is 1. The molecule has 3 aliphatic heterocycles. The summed E-state index contributed by atoms with van der Waals surface area (Å²) in [5.74, 6) is -8.77. The number of nitrogens with zero attached hydrogens (tertiary/aromatic N) is 1. The number of aliphatic hydroxyl groups is 2. The van der Waals surface area contributed by atoms with Gasteiger partial charge in [0.2, 0.25) is 0 Å². The van der Waals surface area contributed by atoms with Gasteiger partial charge in [0, 0.05) is 65.6 Å². The number of benzene rings is 3. The third-order valence-corrected chi connectivity index (χ3v) is 12.0. The quantitative estimate of drug-likeness (QED) is 0.0480. The third-order valence-electron chi connectivity index (χ3n) is 11.4. The molecule has 6 N–H and O–H groups in total. The first kappa shape index (κ1) is 46.6. The molecule has 16 heteroatoms. The molecular weight excluding hydrogens is 856 g/mol. The first-order chi connectivity index (χ1) is 28.7. The molecule has 3 aromatic rings. The lowest BCUT2D eigenvalue weighted by Crippen LogP contribution is -2.46. The Labute approximate surface area is 362 Å². The van der Waals surface area contributed by atoms with E-state index < -0.39 is 88.8 Å². The normalized spacial score (nSPS) is 29.4. The zero-order valence-corrected chi connectivity index (χ0v) is 37.0. The Morgan fingerprint density at radius 3 is 2.26 bits per heavy atom. The summed E-state index contributed by atoms with van der Waals surface area (Å²) in [6.45, 7) is 12.4. The number of methoxy groups -OCH3 is 1. The minimum Gasteiger partial charge on any atom is -0.507 e. The van der Waals surface area contributed by atoms with Crippen molar-refractivity contribution in [3.63, 3.8) is 0 Å². The van der Waals surface area contributed by atoms with Gasteiger partial charge in [-0.3, -0.25) is 14.4 Å². The van der Waals surface area contributed by atoms with E-state index in [0.29, 0.717) is 0 Å². The highest BCUT2D eigenvalue weighted by Gasteiger charge is 2.50. The van der Waals surface area contributed by atoms with Gasteiger partial charge in [-0.2, -0.15) is 0 Å². The van der Waals surface area contributed by atoms with Crippen molar-refractivity contribution in [2.24, 2.45) is 28.8 Å². The van der Waals surface area contributed by atoms with E-state index in [0.717, 1.165) is 16.3 Å². The number of esters is 1. The molecule has 1 amide bonds. The molecule has 3 heterocycles. The number of ether oxygens (including phenoxy) is 4. The molecular formula is C45H53BrN2O13. The number of amides is 1. The number of phenolic OH excluding ortho intramolecular Hbond substituents is 3. The predicted octanol–water partition coefficient (Wildman–Crippen LogP) is 7.07. The number of anilines is 1. The van der Waals surface area contributed by atoms with Crippen LogP contribution in [0, 0.1) is 30.6 Å². The summed E-state index contributed by atoms with van der Waals surface area (Å²) in [4.78, 5) is 46.0. The van der Waals surface area contributed by atoms with Crippen LogP contribution in [0.2, 0.25) is 0 Å². The molecule has 3 aromatic carbocycles. The number of ketones is 1. The van der Waals surface area contributed by atoms with Crippen LogP contribution in [0.25, 0.3) is 10.8 Å². The molecule has 0 spiro atoms. The van der Waals surface area contributed by atoms with E-state index in [-0.39, 0.29) is 51.1 Å². The monoisotopic (exact) mass is 908 g/mol. The van der Waals surface area contributed by atoms with Gasteiger partial charge in [0.05, 0.1) is 53.0 Å². The highest BCUT2D eigenvalue weighted by atomic mass is 79.9. The van der Waals surface area contributed by atoms with E-state index in [2.05, 4.69) is 26.4 Å². The van der Waals surface area contributed by atoms with Crippen molar-refractivity contribution in [1.82, 2.24) is 0 Å². The molecule has 15 nitrogen and oxygen atoms in total. The number of phenols is 3. The Hall–Kier alpha value is -5.42. The SMILES string of the molecule is CO[C@H]1/C=C/O[C@@]2(C)Oc3c(C)c(O)c4c(O)c(c(C=NOCc5ccc(Br)cc5)c(O)c4c3C2=O)NC(=O)/C(C)=C\C=C\[C@H](C)[C@H](O)[C@@H](C)[C@@H](O)[C@H](C)[C@H](OC(C)=O)[C@H]1C. The van der Waals surface area contributed by atoms with Gasteiger partial charge >= 0.3 is 11.8 Å². The van der Waals surface area contributed by atoms with Gasteiger partial charge in [-0.05, 0) is 37.6 Å². The lowest BCUT2D eigenvalue weighted by molar-refractivity contribution is -0.160. The summed E-state index contributed by atoms with van der Waals surface area (Å²) >= 11 is 3.38. The first-order valence-corrected chi connectivity index (χ1v) is 20.5. The molecule has 0 fully saturated rings. The maximum atomic E-state index is 14.4. The second kappa shape index (κ2) is 19.1. The number of nitrogens with one attached hydrogen (secondary N) is 1. The van der Waals surface area contributed by atoms with Crippen LogP contribution in [0.4, 0.5) is 5.69 Å². The number of carbonyl (C=O) groups excluding carboxylic acids is 3. The summed E-state index contributed by atoms with van der Waals surface area (Å²) in [6, 6.07) is 7.25. The largest absolute Gasteiger partial charge is 0.507 e.